The third-order valence-electron chi connectivity index (χ3n) is 2.78. The van der Waals surface area contributed by atoms with Crippen LogP contribution in [0.4, 0.5) is 5.69 Å². The number of sulfonamides is 1. The summed E-state index contributed by atoms with van der Waals surface area (Å²) < 4.78 is 30.8. The van der Waals surface area contributed by atoms with E-state index in [-0.39, 0.29) is 11.7 Å². The minimum Gasteiger partial charge on any atom is -0.495 e. The van der Waals surface area contributed by atoms with Crippen molar-refractivity contribution in [3.05, 3.63) is 23.8 Å². The number of benzene rings is 1. The molecule has 118 valence electrons. The van der Waals surface area contributed by atoms with E-state index in [0.717, 1.165) is 5.56 Å². The number of hydrogen-bond acceptors (Lipinski definition) is 4. The van der Waals surface area contributed by atoms with E-state index in [1.807, 2.05) is 13.0 Å². The van der Waals surface area contributed by atoms with E-state index in [9.17, 15) is 13.2 Å². The number of rotatable bonds is 8. The first-order valence-corrected chi connectivity index (χ1v) is 8.45. The second-order valence-electron chi connectivity index (χ2n) is 4.68. The molecule has 0 fully saturated rings. The molecular formula is C14H22N2O4S. The highest BCUT2D eigenvalue weighted by atomic mass is 32.2. The van der Waals surface area contributed by atoms with Crippen molar-refractivity contribution < 1.29 is 17.9 Å². The molecule has 2 N–H and O–H groups in total. The number of anilines is 1. The Hall–Kier alpha value is -1.60. The molecule has 0 saturated heterocycles. The van der Waals surface area contributed by atoms with Crippen LogP contribution in [0.1, 0.15) is 25.8 Å². The fourth-order valence-corrected chi connectivity index (χ4v) is 2.98. The highest BCUT2D eigenvalue weighted by Gasteiger charge is 2.09. The number of carbonyl (C=O) groups excluding carboxylic acids is 1. The lowest BCUT2D eigenvalue weighted by Crippen LogP contribution is -2.28. The average Bonchev–Trinajstić information content (AvgIpc) is 2.38. The van der Waals surface area contributed by atoms with Gasteiger partial charge in [-0.1, -0.05) is 13.0 Å². The molecule has 21 heavy (non-hydrogen) atoms. The monoisotopic (exact) mass is 314 g/mol. The van der Waals surface area contributed by atoms with E-state index in [1.165, 1.54) is 14.0 Å². The zero-order chi connectivity index (χ0) is 15.9. The van der Waals surface area contributed by atoms with Gasteiger partial charge in [-0.3, -0.25) is 4.79 Å². The third kappa shape index (κ3) is 6.14. The van der Waals surface area contributed by atoms with E-state index < -0.39 is 10.0 Å². The van der Waals surface area contributed by atoms with Crippen LogP contribution in [-0.2, 0) is 21.2 Å². The molecule has 0 aliphatic carbocycles. The first kappa shape index (κ1) is 17.5. The van der Waals surface area contributed by atoms with Crippen LogP contribution in [0, 0.1) is 0 Å². The molecule has 1 aromatic rings. The van der Waals surface area contributed by atoms with Crippen LogP contribution in [0.5, 0.6) is 5.75 Å². The fourth-order valence-electron chi connectivity index (χ4n) is 1.89. The van der Waals surface area contributed by atoms with Gasteiger partial charge >= 0.3 is 0 Å². The van der Waals surface area contributed by atoms with Crippen molar-refractivity contribution >= 4 is 21.6 Å². The summed E-state index contributed by atoms with van der Waals surface area (Å²) in [4.78, 5) is 11.2. The topological polar surface area (TPSA) is 84.5 Å². The highest BCUT2D eigenvalue weighted by Crippen LogP contribution is 2.25. The number of carbonyl (C=O) groups is 1. The summed E-state index contributed by atoms with van der Waals surface area (Å²) in [6.45, 7) is 3.57. The molecule has 0 unspecified atom stereocenters. The molecule has 1 rings (SSSR count). The maximum atomic E-state index is 11.5. The summed E-state index contributed by atoms with van der Waals surface area (Å²) in [5.74, 6) is 0.516. The quantitative estimate of drug-likeness (QED) is 0.762. The number of nitrogens with one attached hydrogen (secondary N) is 2. The molecule has 0 spiro atoms. The van der Waals surface area contributed by atoms with Crippen molar-refractivity contribution in [3.8, 4) is 5.75 Å². The van der Waals surface area contributed by atoms with Crippen LogP contribution in [-0.4, -0.2) is 33.7 Å². The Kier molecular flexibility index (Phi) is 6.64. The van der Waals surface area contributed by atoms with Gasteiger partial charge in [0.2, 0.25) is 15.9 Å². The van der Waals surface area contributed by atoms with Crippen LogP contribution in [0.25, 0.3) is 0 Å². The lowest BCUT2D eigenvalue weighted by atomic mass is 10.1. The van der Waals surface area contributed by atoms with Gasteiger partial charge < -0.3 is 10.1 Å². The zero-order valence-corrected chi connectivity index (χ0v) is 13.4. The Morgan fingerprint density at radius 1 is 1.33 bits per heavy atom. The SMILES string of the molecule is CCCS(=O)(=O)NCCc1ccc(OC)c(NC(C)=O)c1. The molecule has 1 aromatic carbocycles. The van der Waals surface area contributed by atoms with Gasteiger partial charge in [-0.15, -0.1) is 0 Å². The minimum absolute atomic E-state index is 0.132. The summed E-state index contributed by atoms with van der Waals surface area (Å²) in [5.41, 5.74) is 1.50. The van der Waals surface area contributed by atoms with Crippen molar-refractivity contribution in [2.24, 2.45) is 0 Å². The first-order valence-electron chi connectivity index (χ1n) is 6.79. The molecule has 0 aliphatic heterocycles. The van der Waals surface area contributed by atoms with Gasteiger partial charge in [0.15, 0.2) is 0 Å². The molecule has 6 nitrogen and oxygen atoms in total. The van der Waals surface area contributed by atoms with E-state index >= 15 is 0 Å². The van der Waals surface area contributed by atoms with Crippen LogP contribution < -0.4 is 14.8 Å². The van der Waals surface area contributed by atoms with Gasteiger partial charge in [0, 0.05) is 13.5 Å². The summed E-state index contributed by atoms with van der Waals surface area (Å²) in [6.07, 6.45) is 1.13. The first-order chi connectivity index (χ1) is 9.88. The summed E-state index contributed by atoms with van der Waals surface area (Å²) >= 11 is 0. The van der Waals surface area contributed by atoms with Gasteiger partial charge in [-0.25, -0.2) is 13.1 Å². The summed E-state index contributed by atoms with van der Waals surface area (Å²) in [5, 5.41) is 2.69. The van der Waals surface area contributed by atoms with Gasteiger partial charge in [0.25, 0.3) is 0 Å². The second kappa shape index (κ2) is 7.99. The summed E-state index contributed by atoms with van der Waals surface area (Å²) in [7, 11) is -1.66. The van der Waals surface area contributed by atoms with E-state index in [4.69, 9.17) is 4.74 Å². The maximum Gasteiger partial charge on any atom is 0.221 e. The molecule has 0 atom stereocenters. The molecule has 7 heteroatoms. The smallest absolute Gasteiger partial charge is 0.221 e. The molecule has 0 saturated carbocycles. The molecule has 0 heterocycles. The van der Waals surface area contributed by atoms with Crippen molar-refractivity contribution in [2.45, 2.75) is 26.7 Å². The molecule has 0 aliphatic rings. The molecule has 0 aromatic heterocycles. The van der Waals surface area contributed by atoms with E-state index in [2.05, 4.69) is 10.0 Å². The zero-order valence-electron chi connectivity index (χ0n) is 12.6. The fraction of sp³-hybridized carbons (Fsp3) is 0.500. The van der Waals surface area contributed by atoms with Crippen molar-refractivity contribution in [3.63, 3.8) is 0 Å². The average molecular weight is 314 g/mol. The lowest BCUT2D eigenvalue weighted by Gasteiger charge is -2.11. The predicted molar refractivity (Wildman–Crippen MR) is 83.1 cm³/mol. The van der Waals surface area contributed by atoms with E-state index in [0.29, 0.717) is 30.8 Å². The summed E-state index contributed by atoms with van der Waals surface area (Å²) in [6, 6.07) is 5.38. The van der Waals surface area contributed by atoms with Gasteiger partial charge in [0.05, 0.1) is 18.6 Å². The Balaban J connectivity index is 2.70. The maximum absolute atomic E-state index is 11.5. The minimum atomic E-state index is -3.19. The van der Waals surface area contributed by atoms with Crippen molar-refractivity contribution in [1.82, 2.24) is 4.72 Å². The molecule has 1 amide bonds. The van der Waals surface area contributed by atoms with Crippen molar-refractivity contribution in [2.75, 3.05) is 24.7 Å². The van der Waals surface area contributed by atoms with Crippen molar-refractivity contribution in [1.29, 1.82) is 0 Å². The van der Waals surface area contributed by atoms with Gasteiger partial charge in [-0.05, 0) is 30.5 Å². The van der Waals surface area contributed by atoms with Crippen LogP contribution >= 0.6 is 0 Å². The van der Waals surface area contributed by atoms with Crippen LogP contribution in [0.15, 0.2) is 18.2 Å². The number of hydrogen-bond donors (Lipinski definition) is 2. The lowest BCUT2D eigenvalue weighted by molar-refractivity contribution is -0.114. The Bertz CT molecular complexity index is 585. The number of methoxy groups -OCH3 is 1. The molecule has 0 bridgehead atoms. The largest absolute Gasteiger partial charge is 0.495 e. The molecule has 0 radical (unpaired) electrons. The Morgan fingerprint density at radius 2 is 2.05 bits per heavy atom. The molecular weight excluding hydrogens is 292 g/mol. The third-order valence-corrected chi connectivity index (χ3v) is 4.37. The highest BCUT2D eigenvalue weighted by molar-refractivity contribution is 7.89. The normalized spacial score (nSPS) is 11.2. The Labute approximate surface area is 125 Å². The number of ether oxygens (including phenoxy) is 1. The standard InChI is InChI=1S/C14H22N2O4S/c1-4-9-21(18,19)15-8-7-12-5-6-14(20-3)13(10-12)16-11(2)17/h5-6,10,15H,4,7-9H2,1-3H3,(H,16,17). The van der Waals surface area contributed by atoms with Gasteiger partial charge in [-0.2, -0.15) is 0 Å². The number of amides is 1. The predicted octanol–water partition coefficient (Wildman–Crippen LogP) is 1.53. The second-order valence-corrected chi connectivity index (χ2v) is 6.61. The van der Waals surface area contributed by atoms with E-state index in [1.54, 1.807) is 12.1 Å². The van der Waals surface area contributed by atoms with Gasteiger partial charge in [0.1, 0.15) is 5.75 Å². The Morgan fingerprint density at radius 3 is 2.62 bits per heavy atom. The van der Waals surface area contributed by atoms with Crippen LogP contribution in [0.2, 0.25) is 0 Å². The van der Waals surface area contributed by atoms with Crippen LogP contribution in [0.3, 0.4) is 0 Å².